The van der Waals surface area contributed by atoms with Crippen molar-refractivity contribution in [3.05, 3.63) is 77.5 Å². The standard InChI is InChI=1S/C23H27N3O2/c1-23(2,3)26-21(18-11-12-18)14-20(24-26)22(27)25(16-19-10-7-13-28-19)15-17-8-5-4-6-9-17/h4-10,13-14,18H,11-12,15-16H2,1-3H3. The Morgan fingerprint density at radius 2 is 1.89 bits per heavy atom. The van der Waals surface area contributed by atoms with Gasteiger partial charge in [-0.1, -0.05) is 30.3 Å². The maximum absolute atomic E-state index is 13.4. The molecule has 5 heteroatoms. The Hall–Kier alpha value is -2.82. The number of rotatable bonds is 6. The lowest BCUT2D eigenvalue weighted by atomic mass is 10.1. The Balaban J connectivity index is 1.64. The molecule has 1 aliphatic rings. The van der Waals surface area contributed by atoms with Crippen LogP contribution in [0.4, 0.5) is 0 Å². The van der Waals surface area contributed by atoms with E-state index < -0.39 is 0 Å². The monoisotopic (exact) mass is 377 g/mol. The van der Waals surface area contributed by atoms with Gasteiger partial charge < -0.3 is 9.32 Å². The number of nitrogens with zero attached hydrogens (tertiary/aromatic N) is 3. The summed E-state index contributed by atoms with van der Waals surface area (Å²) in [6, 6.07) is 15.8. The molecule has 146 valence electrons. The SMILES string of the molecule is CC(C)(C)n1nc(C(=O)N(Cc2ccccc2)Cc2ccco2)cc1C1CC1. The van der Waals surface area contributed by atoms with E-state index in [2.05, 4.69) is 20.8 Å². The van der Waals surface area contributed by atoms with Crippen LogP contribution in [-0.2, 0) is 18.6 Å². The molecule has 0 unspecified atom stereocenters. The predicted molar refractivity (Wildman–Crippen MR) is 108 cm³/mol. The largest absolute Gasteiger partial charge is 0.467 e. The summed E-state index contributed by atoms with van der Waals surface area (Å²) in [6.07, 6.45) is 3.99. The van der Waals surface area contributed by atoms with Gasteiger partial charge in [0.05, 0.1) is 18.3 Å². The Morgan fingerprint density at radius 1 is 1.14 bits per heavy atom. The molecule has 4 rings (SSSR count). The van der Waals surface area contributed by atoms with Crippen molar-refractivity contribution >= 4 is 5.91 Å². The molecule has 0 radical (unpaired) electrons. The maximum Gasteiger partial charge on any atom is 0.275 e. The highest BCUT2D eigenvalue weighted by atomic mass is 16.3. The van der Waals surface area contributed by atoms with Crippen molar-refractivity contribution in [3.63, 3.8) is 0 Å². The summed E-state index contributed by atoms with van der Waals surface area (Å²) in [5.41, 5.74) is 2.62. The molecule has 0 saturated heterocycles. The van der Waals surface area contributed by atoms with Crippen molar-refractivity contribution in [1.29, 1.82) is 0 Å². The highest BCUT2D eigenvalue weighted by molar-refractivity contribution is 5.92. The van der Waals surface area contributed by atoms with Crippen LogP contribution in [0.15, 0.2) is 59.2 Å². The smallest absolute Gasteiger partial charge is 0.275 e. The quantitative estimate of drug-likeness (QED) is 0.611. The van der Waals surface area contributed by atoms with Gasteiger partial charge in [-0.05, 0) is 57.4 Å². The molecule has 0 aliphatic heterocycles. The van der Waals surface area contributed by atoms with Gasteiger partial charge in [-0.3, -0.25) is 9.48 Å². The summed E-state index contributed by atoms with van der Waals surface area (Å²) in [5, 5.41) is 4.73. The van der Waals surface area contributed by atoms with Crippen molar-refractivity contribution in [2.45, 2.75) is 58.2 Å². The predicted octanol–water partition coefficient (Wildman–Crippen LogP) is 4.95. The number of furan rings is 1. The third kappa shape index (κ3) is 4.03. The van der Waals surface area contributed by atoms with E-state index in [4.69, 9.17) is 9.52 Å². The molecular weight excluding hydrogens is 350 g/mol. The molecule has 0 bridgehead atoms. The molecule has 0 atom stereocenters. The van der Waals surface area contributed by atoms with Gasteiger partial charge in [0.15, 0.2) is 5.69 Å². The molecule has 3 aromatic rings. The van der Waals surface area contributed by atoms with Gasteiger partial charge in [-0.15, -0.1) is 0 Å². The van der Waals surface area contributed by atoms with Crippen LogP contribution in [0.25, 0.3) is 0 Å². The fraction of sp³-hybridized carbons (Fsp3) is 0.391. The fourth-order valence-electron chi connectivity index (χ4n) is 3.46. The van der Waals surface area contributed by atoms with E-state index in [-0.39, 0.29) is 11.4 Å². The number of hydrogen-bond donors (Lipinski definition) is 0. The van der Waals surface area contributed by atoms with Crippen LogP contribution >= 0.6 is 0 Å². The van der Waals surface area contributed by atoms with Gasteiger partial charge >= 0.3 is 0 Å². The molecule has 1 amide bonds. The van der Waals surface area contributed by atoms with Crippen LogP contribution in [0.3, 0.4) is 0 Å². The zero-order chi connectivity index (χ0) is 19.7. The van der Waals surface area contributed by atoms with Crippen LogP contribution in [0, 0.1) is 0 Å². The fourth-order valence-corrected chi connectivity index (χ4v) is 3.46. The van der Waals surface area contributed by atoms with Crippen molar-refractivity contribution in [2.75, 3.05) is 0 Å². The second-order valence-corrected chi connectivity index (χ2v) is 8.54. The van der Waals surface area contributed by atoms with Crippen LogP contribution in [0.5, 0.6) is 0 Å². The Labute approximate surface area is 166 Å². The van der Waals surface area contributed by atoms with Crippen molar-refractivity contribution < 1.29 is 9.21 Å². The van der Waals surface area contributed by atoms with E-state index in [1.54, 1.807) is 11.2 Å². The molecule has 28 heavy (non-hydrogen) atoms. The number of carbonyl (C=O) groups is 1. The molecule has 1 fully saturated rings. The zero-order valence-electron chi connectivity index (χ0n) is 16.8. The molecule has 1 saturated carbocycles. The van der Waals surface area contributed by atoms with Crippen LogP contribution in [0.1, 0.15) is 67.0 Å². The average Bonchev–Trinajstić information content (AvgIpc) is 3.19. The zero-order valence-corrected chi connectivity index (χ0v) is 16.8. The average molecular weight is 377 g/mol. The lowest BCUT2D eigenvalue weighted by molar-refractivity contribution is 0.0710. The van der Waals surface area contributed by atoms with Crippen LogP contribution in [-0.4, -0.2) is 20.6 Å². The molecule has 1 aromatic carbocycles. The van der Waals surface area contributed by atoms with Crippen molar-refractivity contribution in [1.82, 2.24) is 14.7 Å². The highest BCUT2D eigenvalue weighted by Crippen LogP contribution is 2.41. The van der Waals surface area contributed by atoms with Crippen LogP contribution < -0.4 is 0 Å². The number of carbonyl (C=O) groups excluding carboxylic acids is 1. The van der Waals surface area contributed by atoms with E-state index in [1.165, 1.54) is 18.5 Å². The minimum atomic E-state index is -0.151. The maximum atomic E-state index is 13.4. The molecule has 5 nitrogen and oxygen atoms in total. The summed E-state index contributed by atoms with van der Waals surface area (Å²) in [7, 11) is 0. The van der Waals surface area contributed by atoms with E-state index in [9.17, 15) is 4.79 Å². The summed E-state index contributed by atoms with van der Waals surface area (Å²) in [6.45, 7) is 7.32. The molecule has 1 aliphatic carbocycles. The lowest BCUT2D eigenvalue weighted by Crippen LogP contribution is -2.31. The summed E-state index contributed by atoms with van der Waals surface area (Å²) in [5.74, 6) is 1.23. The van der Waals surface area contributed by atoms with E-state index in [0.29, 0.717) is 24.7 Å². The van der Waals surface area contributed by atoms with Gasteiger partial charge in [0.1, 0.15) is 5.76 Å². The Morgan fingerprint density at radius 3 is 2.50 bits per heavy atom. The lowest BCUT2D eigenvalue weighted by Gasteiger charge is -2.23. The summed E-state index contributed by atoms with van der Waals surface area (Å²) in [4.78, 5) is 15.2. The Kier molecular flexibility index (Phi) is 4.84. The number of amides is 1. The first-order valence-electron chi connectivity index (χ1n) is 9.88. The molecular formula is C23H27N3O2. The minimum Gasteiger partial charge on any atom is -0.467 e. The minimum absolute atomic E-state index is 0.0647. The number of aromatic nitrogens is 2. The summed E-state index contributed by atoms with van der Waals surface area (Å²) < 4.78 is 7.53. The highest BCUT2D eigenvalue weighted by Gasteiger charge is 2.33. The third-order valence-corrected chi connectivity index (χ3v) is 5.02. The van der Waals surface area contributed by atoms with E-state index >= 15 is 0 Å². The second kappa shape index (κ2) is 7.30. The van der Waals surface area contributed by atoms with Crippen molar-refractivity contribution in [2.24, 2.45) is 0 Å². The third-order valence-electron chi connectivity index (χ3n) is 5.02. The Bertz CT molecular complexity index is 932. The number of benzene rings is 1. The van der Waals surface area contributed by atoms with Gasteiger partial charge in [-0.25, -0.2) is 0 Å². The first-order chi connectivity index (χ1) is 13.4. The van der Waals surface area contributed by atoms with Gasteiger partial charge in [0, 0.05) is 18.2 Å². The van der Waals surface area contributed by atoms with E-state index in [1.807, 2.05) is 53.2 Å². The molecule has 2 aromatic heterocycles. The normalized spacial score (nSPS) is 14.2. The van der Waals surface area contributed by atoms with Crippen LogP contribution in [0.2, 0.25) is 0 Å². The summed E-state index contributed by atoms with van der Waals surface area (Å²) >= 11 is 0. The van der Waals surface area contributed by atoms with Gasteiger partial charge in [-0.2, -0.15) is 5.10 Å². The molecule has 2 heterocycles. The van der Waals surface area contributed by atoms with Gasteiger partial charge in [0.25, 0.3) is 5.91 Å². The first-order valence-corrected chi connectivity index (χ1v) is 9.88. The molecule has 0 N–H and O–H groups in total. The first kappa shape index (κ1) is 18.5. The van der Waals surface area contributed by atoms with Gasteiger partial charge in [0.2, 0.25) is 0 Å². The topological polar surface area (TPSA) is 51.3 Å². The van der Waals surface area contributed by atoms with Crippen molar-refractivity contribution in [3.8, 4) is 0 Å². The van der Waals surface area contributed by atoms with E-state index in [0.717, 1.165) is 11.3 Å². The molecule has 0 spiro atoms. The second-order valence-electron chi connectivity index (χ2n) is 8.54. The number of hydrogen-bond acceptors (Lipinski definition) is 3.